The second-order valence-corrected chi connectivity index (χ2v) is 6.69. The smallest absolute Gasteiger partial charge is 0.309 e. The number of para-hydroxylation sites is 1. The molecule has 0 saturated heterocycles. The number of benzene rings is 1. The number of hydrogen-bond donors (Lipinski definition) is 0. The van der Waals surface area contributed by atoms with E-state index in [0.717, 1.165) is 31.2 Å². The van der Waals surface area contributed by atoms with Crippen LogP contribution in [0.4, 0.5) is 0 Å². The summed E-state index contributed by atoms with van der Waals surface area (Å²) in [5, 5.41) is 0. The van der Waals surface area contributed by atoms with E-state index in [4.69, 9.17) is 4.18 Å². The Kier molecular flexibility index (Phi) is 4.27. The van der Waals surface area contributed by atoms with Gasteiger partial charge >= 0.3 is 10.1 Å². The summed E-state index contributed by atoms with van der Waals surface area (Å²) in [5.41, 5.74) is 0.852. The summed E-state index contributed by atoms with van der Waals surface area (Å²) in [6.07, 6.45) is 5.54. The highest BCUT2D eigenvalue weighted by Crippen LogP contribution is 2.26. The molecule has 1 fully saturated rings. The molecule has 4 heteroatoms. The second kappa shape index (κ2) is 5.74. The molecule has 0 spiro atoms. The van der Waals surface area contributed by atoms with Crippen LogP contribution in [-0.2, 0) is 10.1 Å². The fourth-order valence-corrected chi connectivity index (χ4v) is 3.90. The van der Waals surface area contributed by atoms with E-state index in [0.29, 0.717) is 5.75 Å². The predicted molar refractivity (Wildman–Crippen MR) is 72.2 cm³/mol. The minimum atomic E-state index is -3.46. The van der Waals surface area contributed by atoms with E-state index in [1.165, 1.54) is 6.42 Å². The third kappa shape index (κ3) is 3.73. The molecule has 18 heavy (non-hydrogen) atoms. The SMILES string of the molecule is Cc1ccccc1OS(=O)(=O)CC1CCCCC1. The van der Waals surface area contributed by atoms with Gasteiger partial charge < -0.3 is 4.18 Å². The number of rotatable bonds is 4. The van der Waals surface area contributed by atoms with Crippen molar-refractivity contribution in [2.24, 2.45) is 5.92 Å². The highest BCUT2D eigenvalue weighted by molar-refractivity contribution is 7.87. The van der Waals surface area contributed by atoms with Crippen LogP contribution >= 0.6 is 0 Å². The molecule has 1 saturated carbocycles. The van der Waals surface area contributed by atoms with Crippen LogP contribution < -0.4 is 4.18 Å². The largest absolute Gasteiger partial charge is 0.382 e. The molecule has 3 nitrogen and oxygen atoms in total. The van der Waals surface area contributed by atoms with Crippen molar-refractivity contribution in [3.8, 4) is 5.75 Å². The summed E-state index contributed by atoms with van der Waals surface area (Å²) in [6.45, 7) is 1.85. The minimum Gasteiger partial charge on any atom is -0.382 e. The first-order chi connectivity index (χ1) is 8.57. The molecule has 0 aromatic heterocycles. The van der Waals surface area contributed by atoms with E-state index < -0.39 is 10.1 Å². The van der Waals surface area contributed by atoms with Gasteiger partial charge in [0.15, 0.2) is 0 Å². The van der Waals surface area contributed by atoms with Crippen LogP contribution in [0.15, 0.2) is 24.3 Å². The Balaban J connectivity index is 2.01. The Hall–Kier alpha value is -1.03. The second-order valence-electron chi connectivity index (χ2n) is 5.08. The van der Waals surface area contributed by atoms with Gasteiger partial charge in [-0.3, -0.25) is 0 Å². The molecule has 0 aliphatic heterocycles. The molecule has 0 radical (unpaired) electrons. The lowest BCUT2D eigenvalue weighted by Crippen LogP contribution is -2.22. The fourth-order valence-electron chi connectivity index (χ4n) is 2.46. The summed E-state index contributed by atoms with van der Waals surface area (Å²) in [5.74, 6) is 0.877. The molecule has 1 aromatic carbocycles. The summed E-state index contributed by atoms with van der Waals surface area (Å²) >= 11 is 0. The maximum atomic E-state index is 12.0. The average Bonchev–Trinajstić information content (AvgIpc) is 2.32. The first-order valence-electron chi connectivity index (χ1n) is 6.54. The van der Waals surface area contributed by atoms with Crippen molar-refractivity contribution in [2.75, 3.05) is 5.75 Å². The van der Waals surface area contributed by atoms with Crippen LogP contribution in [0, 0.1) is 12.8 Å². The Labute approximate surface area is 109 Å². The molecule has 1 aliphatic rings. The van der Waals surface area contributed by atoms with Crippen LogP contribution in [0.3, 0.4) is 0 Å². The standard InChI is InChI=1S/C14H20O3S/c1-12-7-5-6-10-14(12)17-18(15,16)11-13-8-3-2-4-9-13/h5-7,10,13H,2-4,8-9,11H2,1H3. The van der Waals surface area contributed by atoms with Crippen LogP contribution in [0.2, 0.25) is 0 Å². The van der Waals surface area contributed by atoms with Crippen molar-refractivity contribution >= 4 is 10.1 Å². The lowest BCUT2D eigenvalue weighted by Gasteiger charge is -2.21. The van der Waals surface area contributed by atoms with Gasteiger partial charge in [0, 0.05) is 0 Å². The first-order valence-corrected chi connectivity index (χ1v) is 8.12. The monoisotopic (exact) mass is 268 g/mol. The lowest BCUT2D eigenvalue weighted by atomic mass is 9.91. The number of hydrogen-bond acceptors (Lipinski definition) is 3. The summed E-state index contributed by atoms with van der Waals surface area (Å²) in [6, 6.07) is 7.22. The van der Waals surface area contributed by atoms with Crippen LogP contribution in [-0.4, -0.2) is 14.2 Å². The molecular weight excluding hydrogens is 248 g/mol. The minimum absolute atomic E-state index is 0.154. The van der Waals surface area contributed by atoms with Crippen LogP contribution in [0.1, 0.15) is 37.7 Å². The van der Waals surface area contributed by atoms with Crippen molar-refractivity contribution in [1.82, 2.24) is 0 Å². The van der Waals surface area contributed by atoms with E-state index in [2.05, 4.69) is 0 Å². The average molecular weight is 268 g/mol. The van der Waals surface area contributed by atoms with Gasteiger partial charge in [-0.15, -0.1) is 0 Å². The molecule has 0 bridgehead atoms. The third-order valence-electron chi connectivity index (χ3n) is 3.47. The molecule has 0 unspecified atom stereocenters. The molecule has 0 atom stereocenters. The third-order valence-corrected chi connectivity index (χ3v) is 4.79. The molecular formula is C14H20O3S. The predicted octanol–water partition coefficient (Wildman–Crippen LogP) is 3.28. The van der Waals surface area contributed by atoms with Crippen molar-refractivity contribution in [3.05, 3.63) is 29.8 Å². The van der Waals surface area contributed by atoms with Crippen molar-refractivity contribution in [2.45, 2.75) is 39.0 Å². The summed E-state index contributed by atoms with van der Waals surface area (Å²) in [4.78, 5) is 0. The quantitative estimate of drug-likeness (QED) is 0.787. The van der Waals surface area contributed by atoms with Gasteiger partial charge in [-0.1, -0.05) is 37.5 Å². The van der Waals surface area contributed by atoms with Crippen molar-refractivity contribution in [3.63, 3.8) is 0 Å². The zero-order valence-corrected chi connectivity index (χ0v) is 11.6. The van der Waals surface area contributed by atoms with E-state index in [9.17, 15) is 8.42 Å². The maximum Gasteiger partial charge on any atom is 0.309 e. The maximum absolute atomic E-state index is 12.0. The van der Waals surface area contributed by atoms with Gasteiger partial charge in [0.05, 0.1) is 5.75 Å². The molecule has 0 amide bonds. The van der Waals surface area contributed by atoms with Crippen molar-refractivity contribution in [1.29, 1.82) is 0 Å². The zero-order chi connectivity index (χ0) is 13.0. The summed E-state index contributed by atoms with van der Waals surface area (Å²) < 4.78 is 29.2. The van der Waals surface area contributed by atoms with Gasteiger partial charge in [0.1, 0.15) is 5.75 Å². The Bertz CT molecular complexity index is 488. The van der Waals surface area contributed by atoms with E-state index in [1.807, 2.05) is 19.1 Å². The van der Waals surface area contributed by atoms with E-state index in [-0.39, 0.29) is 11.7 Å². The van der Waals surface area contributed by atoms with Crippen LogP contribution in [0.5, 0.6) is 5.75 Å². The molecule has 2 rings (SSSR count). The topological polar surface area (TPSA) is 43.4 Å². The van der Waals surface area contributed by atoms with Gasteiger partial charge in [0.25, 0.3) is 0 Å². The van der Waals surface area contributed by atoms with Gasteiger partial charge in [-0.05, 0) is 37.3 Å². The normalized spacial score (nSPS) is 17.6. The molecule has 1 aromatic rings. The van der Waals surface area contributed by atoms with Crippen LogP contribution in [0.25, 0.3) is 0 Å². The Morgan fingerprint density at radius 2 is 1.83 bits per heavy atom. The fraction of sp³-hybridized carbons (Fsp3) is 0.571. The molecule has 1 aliphatic carbocycles. The number of aryl methyl sites for hydroxylation is 1. The molecule has 0 heterocycles. The molecule has 0 N–H and O–H groups in total. The van der Waals surface area contributed by atoms with Crippen molar-refractivity contribution < 1.29 is 12.6 Å². The first kappa shape index (κ1) is 13.4. The van der Waals surface area contributed by atoms with E-state index in [1.54, 1.807) is 12.1 Å². The van der Waals surface area contributed by atoms with Gasteiger partial charge in [-0.25, -0.2) is 0 Å². The van der Waals surface area contributed by atoms with E-state index >= 15 is 0 Å². The lowest BCUT2D eigenvalue weighted by molar-refractivity contribution is 0.375. The summed E-state index contributed by atoms with van der Waals surface area (Å²) in [7, 11) is -3.46. The zero-order valence-electron chi connectivity index (χ0n) is 10.8. The van der Waals surface area contributed by atoms with Gasteiger partial charge in [-0.2, -0.15) is 8.42 Å². The Morgan fingerprint density at radius 3 is 2.50 bits per heavy atom. The highest BCUT2D eigenvalue weighted by atomic mass is 32.2. The molecule has 100 valence electrons. The highest BCUT2D eigenvalue weighted by Gasteiger charge is 2.23. The Morgan fingerprint density at radius 1 is 1.17 bits per heavy atom. The van der Waals surface area contributed by atoms with Gasteiger partial charge in [0.2, 0.25) is 0 Å².